The van der Waals surface area contributed by atoms with Crippen molar-refractivity contribution in [1.82, 2.24) is 0 Å². The zero-order valence-corrected chi connectivity index (χ0v) is 16.1. The van der Waals surface area contributed by atoms with Gasteiger partial charge < -0.3 is 10.2 Å². The van der Waals surface area contributed by atoms with E-state index in [1.807, 2.05) is 6.07 Å². The summed E-state index contributed by atoms with van der Waals surface area (Å²) in [6.07, 6.45) is 10.8. The van der Waals surface area contributed by atoms with Crippen LogP contribution in [0.15, 0.2) is 29.4 Å². The fourth-order valence-electron chi connectivity index (χ4n) is 2.98. The fourth-order valence-corrected chi connectivity index (χ4v) is 2.98. The highest BCUT2D eigenvalue weighted by atomic mass is 16.3. The Balaban J connectivity index is 2.98. The third-order valence-electron chi connectivity index (χ3n) is 4.34. The van der Waals surface area contributed by atoms with Crippen LogP contribution in [0.5, 0.6) is 11.5 Å². The number of allylic oxidation sites excluding steroid dienone is 4. The van der Waals surface area contributed by atoms with Crippen molar-refractivity contribution in [3.8, 4) is 11.5 Å². The summed E-state index contributed by atoms with van der Waals surface area (Å²) in [5.41, 5.74) is 5.40. The molecule has 0 bridgehead atoms. The van der Waals surface area contributed by atoms with Crippen LogP contribution in [0.2, 0.25) is 0 Å². The van der Waals surface area contributed by atoms with E-state index in [2.05, 4.69) is 46.8 Å². The second-order valence-electron chi connectivity index (χ2n) is 6.94. The maximum absolute atomic E-state index is 10.7. The predicted molar refractivity (Wildman–Crippen MR) is 104 cm³/mol. The lowest BCUT2D eigenvalue weighted by Crippen LogP contribution is -1.99. The first-order valence-corrected chi connectivity index (χ1v) is 9.25. The van der Waals surface area contributed by atoms with Crippen molar-refractivity contribution in [3.05, 3.63) is 46.1 Å². The van der Waals surface area contributed by atoms with Gasteiger partial charge in [0.15, 0.2) is 0 Å². The highest BCUT2D eigenvalue weighted by Crippen LogP contribution is 2.36. The molecule has 0 aromatic heterocycles. The molecule has 0 unspecified atom stereocenters. The molecule has 1 aromatic carbocycles. The number of phenolic OH excluding ortho intramolecular Hbond substituents is 2. The van der Waals surface area contributed by atoms with Gasteiger partial charge in [-0.15, -0.1) is 0 Å². The molecule has 2 nitrogen and oxygen atoms in total. The number of hydrogen-bond acceptors (Lipinski definition) is 2. The first kappa shape index (κ1) is 20.3. The largest absolute Gasteiger partial charge is 0.508 e. The summed E-state index contributed by atoms with van der Waals surface area (Å²) in [5, 5.41) is 21.0. The predicted octanol–water partition coefficient (Wildman–Crippen LogP) is 6.24. The Kier molecular flexibility index (Phi) is 8.67. The lowest BCUT2D eigenvalue weighted by atomic mass is 9.93. The van der Waals surface area contributed by atoms with E-state index in [1.54, 1.807) is 0 Å². The van der Waals surface area contributed by atoms with Crippen LogP contribution in [0, 0.1) is 0 Å². The van der Waals surface area contributed by atoms with E-state index >= 15 is 0 Å². The summed E-state index contributed by atoms with van der Waals surface area (Å²) in [6, 6.07) is 1.86. The van der Waals surface area contributed by atoms with Gasteiger partial charge in [-0.2, -0.15) is 0 Å². The van der Waals surface area contributed by atoms with Gasteiger partial charge >= 0.3 is 0 Å². The van der Waals surface area contributed by atoms with E-state index in [0.717, 1.165) is 49.7 Å². The Bertz CT molecular complexity index is 590. The Morgan fingerprint density at radius 1 is 0.958 bits per heavy atom. The van der Waals surface area contributed by atoms with Gasteiger partial charge in [0.2, 0.25) is 0 Å². The van der Waals surface area contributed by atoms with Crippen LogP contribution in [0.4, 0.5) is 0 Å². The second kappa shape index (κ2) is 10.2. The highest BCUT2D eigenvalue weighted by molar-refractivity contribution is 5.54. The monoisotopic (exact) mass is 330 g/mol. The number of hydrogen-bond donors (Lipinski definition) is 2. The van der Waals surface area contributed by atoms with Crippen LogP contribution in [-0.4, -0.2) is 10.2 Å². The van der Waals surface area contributed by atoms with Crippen molar-refractivity contribution in [2.24, 2.45) is 0 Å². The van der Waals surface area contributed by atoms with E-state index in [4.69, 9.17) is 0 Å². The normalized spacial score (nSPS) is 11.6. The molecule has 2 N–H and O–H groups in total. The minimum Gasteiger partial charge on any atom is -0.508 e. The number of rotatable bonds is 9. The number of aromatic hydroxyl groups is 2. The molecular formula is C22H34O2. The smallest absolute Gasteiger partial charge is 0.126 e. The molecule has 2 heteroatoms. The molecule has 1 aromatic rings. The number of benzene rings is 1. The molecule has 0 saturated heterocycles. The number of aryl methyl sites for hydroxylation is 1. The standard InChI is InChI=1S/C22H34O2/c1-6-9-18-15-21(23)20(22(24)19(18)10-7-2)14-13-17(5)12-8-11-16(3)4/h11,13,15,23-24H,6-10,12,14H2,1-5H3/b17-13+. The van der Waals surface area contributed by atoms with Crippen molar-refractivity contribution in [2.75, 3.05) is 0 Å². The first-order valence-electron chi connectivity index (χ1n) is 9.25. The molecule has 1 rings (SSSR count). The molecule has 0 aliphatic heterocycles. The molecule has 0 heterocycles. The Hall–Kier alpha value is -1.70. The van der Waals surface area contributed by atoms with Crippen molar-refractivity contribution in [3.63, 3.8) is 0 Å². The summed E-state index contributed by atoms with van der Waals surface area (Å²) >= 11 is 0. The fraction of sp³-hybridized carbons (Fsp3) is 0.545. The molecule has 0 spiro atoms. The average Bonchev–Trinajstić information content (AvgIpc) is 2.50. The molecular weight excluding hydrogens is 296 g/mol. The molecule has 0 aliphatic carbocycles. The molecule has 0 saturated carbocycles. The van der Waals surface area contributed by atoms with Gasteiger partial charge in [-0.1, -0.05) is 50.0 Å². The van der Waals surface area contributed by atoms with Gasteiger partial charge in [0.05, 0.1) is 0 Å². The van der Waals surface area contributed by atoms with Crippen LogP contribution in [0.25, 0.3) is 0 Å². The van der Waals surface area contributed by atoms with Gasteiger partial charge in [-0.3, -0.25) is 0 Å². The molecule has 0 aliphatic rings. The van der Waals surface area contributed by atoms with Crippen molar-refractivity contribution < 1.29 is 10.2 Å². The lowest BCUT2D eigenvalue weighted by molar-refractivity contribution is 0.434. The highest BCUT2D eigenvalue weighted by Gasteiger charge is 2.15. The summed E-state index contributed by atoms with van der Waals surface area (Å²) in [7, 11) is 0. The van der Waals surface area contributed by atoms with E-state index in [-0.39, 0.29) is 5.75 Å². The lowest BCUT2D eigenvalue weighted by Gasteiger charge is -2.15. The first-order chi connectivity index (χ1) is 11.4. The second-order valence-corrected chi connectivity index (χ2v) is 6.94. The van der Waals surface area contributed by atoms with Gasteiger partial charge in [0.1, 0.15) is 11.5 Å². The Labute approximate surface area is 147 Å². The summed E-state index contributed by atoms with van der Waals surface area (Å²) in [6.45, 7) is 10.6. The Morgan fingerprint density at radius 2 is 1.62 bits per heavy atom. The van der Waals surface area contributed by atoms with Crippen molar-refractivity contribution >= 4 is 0 Å². The quantitative estimate of drug-likeness (QED) is 0.526. The SMILES string of the molecule is CCCc1cc(O)c(C/C=C(\C)CCC=C(C)C)c(O)c1CCC. The number of phenols is 2. The molecule has 0 radical (unpaired) electrons. The van der Waals surface area contributed by atoms with Gasteiger partial charge in [0.25, 0.3) is 0 Å². The van der Waals surface area contributed by atoms with Crippen LogP contribution < -0.4 is 0 Å². The summed E-state index contributed by atoms with van der Waals surface area (Å²) in [4.78, 5) is 0. The zero-order chi connectivity index (χ0) is 18.1. The van der Waals surface area contributed by atoms with Gasteiger partial charge in [0, 0.05) is 5.56 Å². The Morgan fingerprint density at radius 3 is 2.21 bits per heavy atom. The molecule has 0 amide bonds. The van der Waals surface area contributed by atoms with E-state index in [0.29, 0.717) is 17.7 Å². The summed E-state index contributed by atoms with van der Waals surface area (Å²) in [5.74, 6) is 0.526. The minimum absolute atomic E-state index is 0.226. The van der Waals surface area contributed by atoms with Crippen LogP contribution in [0.1, 0.15) is 77.0 Å². The van der Waals surface area contributed by atoms with Gasteiger partial charge in [-0.25, -0.2) is 0 Å². The third kappa shape index (κ3) is 6.07. The maximum atomic E-state index is 10.7. The molecule has 0 atom stereocenters. The summed E-state index contributed by atoms with van der Waals surface area (Å²) < 4.78 is 0. The minimum atomic E-state index is 0.226. The average molecular weight is 331 g/mol. The maximum Gasteiger partial charge on any atom is 0.126 e. The van der Waals surface area contributed by atoms with Gasteiger partial charge in [-0.05, 0) is 70.1 Å². The zero-order valence-electron chi connectivity index (χ0n) is 16.1. The van der Waals surface area contributed by atoms with Crippen LogP contribution in [-0.2, 0) is 19.3 Å². The third-order valence-corrected chi connectivity index (χ3v) is 4.34. The van der Waals surface area contributed by atoms with Crippen molar-refractivity contribution in [2.45, 2.75) is 79.6 Å². The van der Waals surface area contributed by atoms with Crippen molar-refractivity contribution in [1.29, 1.82) is 0 Å². The topological polar surface area (TPSA) is 40.5 Å². The molecule has 134 valence electrons. The van der Waals surface area contributed by atoms with E-state index in [1.165, 1.54) is 11.1 Å². The molecule has 0 fully saturated rings. The van der Waals surface area contributed by atoms with Crippen LogP contribution >= 0.6 is 0 Å². The molecule has 24 heavy (non-hydrogen) atoms. The van der Waals surface area contributed by atoms with E-state index < -0.39 is 0 Å². The van der Waals surface area contributed by atoms with E-state index in [9.17, 15) is 10.2 Å². The van der Waals surface area contributed by atoms with Crippen LogP contribution in [0.3, 0.4) is 0 Å².